The molecule has 40 heavy (non-hydrogen) atoms. The van der Waals surface area contributed by atoms with E-state index < -0.39 is 58.0 Å². The highest BCUT2D eigenvalue weighted by atomic mass is 16.3. The molecule has 4 rings (SSSR count). The van der Waals surface area contributed by atoms with Gasteiger partial charge in [-0.05, 0) is 56.9 Å². The first-order chi connectivity index (χ1) is 18.7. The lowest BCUT2D eigenvalue weighted by Crippen LogP contribution is -2.63. The van der Waals surface area contributed by atoms with E-state index in [0.29, 0.717) is 23.6 Å². The van der Waals surface area contributed by atoms with Gasteiger partial charge in [-0.2, -0.15) is 0 Å². The summed E-state index contributed by atoms with van der Waals surface area (Å²) >= 11 is 0. The van der Waals surface area contributed by atoms with Crippen molar-refractivity contribution in [3.63, 3.8) is 0 Å². The van der Waals surface area contributed by atoms with Gasteiger partial charge in [0.05, 0.1) is 11.6 Å². The molecule has 0 saturated carbocycles. The Morgan fingerprint density at radius 2 is 1.85 bits per heavy atom. The second-order valence-electron chi connectivity index (χ2n) is 11.8. The fourth-order valence-electron chi connectivity index (χ4n) is 6.48. The molecule has 0 aliphatic heterocycles. The van der Waals surface area contributed by atoms with Crippen LogP contribution < -0.4 is 16.0 Å². The summed E-state index contributed by atoms with van der Waals surface area (Å²) in [6.07, 6.45) is 1.29. The Balaban J connectivity index is 1.88. The summed E-state index contributed by atoms with van der Waals surface area (Å²) < 4.78 is 0. The highest BCUT2D eigenvalue weighted by Crippen LogP contribution is 2.53. The number of aliphatic hydroxyl groups is 3. The third-order valence-corrected chi connectivity index (χ3v) is 8.76. The van der Waals surface area contributed by atoms with Crippen molar-refractivity contribution in [2.45, 2.75) is 51.3 Å². The number of aromatic hydroxyl groups is 1. The first-order valence-corrected chi connectivity index (χ1v) is 13.6. The standard InChI is InChI=1S/C29H40N4O7/c1-7-13(2)11-31-12-15-10-18(32(3)4)16-8-14-9-17-22(33(5)6)25(36)21(28(30)39)27(38)29(17,40)26(37)19(14)24(35)20(16)23(15)34/h10,13-14,17,22,31,34,36-37,40H,7-9,11-12H2,1-6H3,(H2,30,39)/t13?,14-,17-,22-,29-/m1/s1. The summed E-state index contributed by atoms with van der Waals surface area (Å²) in [5.74, 6) is -6.09. The van der Waals surface area contributed by atoms with Gasteiger partial charge in [0.2, 0.25) is 5.78 Å². The average molecular weight is 557 g/mol. The molecule has 11 nitrogen and oxygen atoms in total. The maximum absolute atomic E-state index is 14.1. The van der Waals surface area contributed by atoms with Gasteiger partial charge in [-0.15, -0.1) is 0 Å². The van der Waals surface area contributed by atoms with Gasteiger partial charge >= 0.3 is 0 Å². The number of fused-ring (bicyclic) bond motifs is 3. The van der Waals surface area contributed by atoms with Gasteiger partial charge in [-0.25, -0.2) is 0 Å². The second-order valence-corrected chi connectivity index (χ2v) is 11.8. The Labute approximate surface area is 233 Å². The number of benzene rings is 1. The number of hydrogen-bond donors (Lipinski definition) is 6. The first-order valence-electron chi connectivity index (χ1n) is 13.6. The summed E-state index contributed by atoms with van der Waals surface area (Å²) in [4.78, 5) is 43.0. The number of hydrogen-bond acceptors (Lipinski definition) is 10. The summed E-state index contributed by atoms with van der Waals surface area (Å²) in [5, 5.41) is 48.8. The van der Waals surface area contributed by atoms with Crippen LogP contribution in [-0.2, 0) is 22.6 Å². The van der Waals surface area contributed by atoms with Crippen molar-refractivity contribution >= 4 is 23.2 Å². The molecule has 11 heteroatoms. The van der Waals surface area contributed by atoms with E-state index in [9.17, 15) is 34.8 Å². The van der Waals surface area contributed by atoms with Gasteiger partial charge in [0, 0.05) is 43.4 Å². The molecule has 1 amide bonds. The molecule has 1 aromatic carbocycles. The molecule has 3 aliphatic carbocycles. The molecule has 0 aromatic heterocycles. The quantitative estimate of drug-likeness (QED) is 0.256. The van der Waals surface area contributed by atoms with Crippen molar-refractivity contribution < 1.29 is 34.8 Å². The van der Waals surface area contributed by atoms with Gasteiger partial charge < -0.3 is 36.4 Å². The minimum atomic E-state index is -2.65. The van der Waals surface area contributed by atoms with E-state index in [2.05, 4.69) is 19.2 Å². The van der Waals surface area contributed by atoms with Crippen LogP contribution in [0.2, 0.25) is 0 Å². The Hall–Kier alpha value is -3.41. The lowest BCUT2D eigenvalue weighted by Gasteiger charge is -2.50. The molecular formula is C29H40N4O7. The predicted octanol–water partition coefficient (Wildman–Crippen LogP) is 1.32. The zero-order valence-corrected chi connectivity index (χ0v) is 23.9. The van der Waals surface area contributed by atoms with Gasteiger partial charge in [0.25, 0.3) is 5.91 Å². The van der Waals surface area contributed by atoms with E-state index in [4.69, 9.17) is 5.73 Å². The van der Waals surface area contributed by atoms with Crippen LogP contribution in [0.25, 0.3) is 0 Å². The number of nitrogens with zero attached hydrogens (tertiary/aromatic N) is 2. The van der Waals surface area contributed by atoms with Crippen LogP contribution in [0.1, 0.15) is 48.2 Å². The lowest BCUT2D eigenvalue weighted by atomic mass is 9.58. The molecule has 1 unspecified atom stereocenters. The summed E-state index contributed by atoms with van der Waals surface area (Å²) in [7, 11) is 6.89. The third-order valence-electron chi connectivity index (χ3n) is 8.76. The molecule has 0 bridgehead atoms. The molecule has 0 saturated heterocycles. The number of carbonyl (C=O) groups excluding carboxylic acids is 3. The van der Waals surface area contributed by atoms with Crippen LogP contribution in [0.3, 0.4) is 0 Å². The fraction of sp³-hybridized carbons (Fsp3) is 0.552. The molecule has 0 spiro atoms. The first kappa shape index (κ1) is 29.6. The number of rotatable bonds is 8. The number of nitrogens with two attached hydrogens (primary N) is 1. The van der Waals surface area contributed by atoms with Crippen LogP contribution >= 0.6 is 0 Å². The predicted molar refractivity (Wildman–Crippen MR) is 149 cm³/mol. The van der Waals surface area contributed by atoms with Crippen molar-refractivity contribution in [3.8, 4) is 5.75 Å². The number of aliphatic hydroxyl groups excluding tert-OH is 2. The highest BCUT2D eigenvalue weighted by molar-refractivity contribution is 6.24. The number of anilines is 1. The number of primary amides is 1. The van der Waals surface area contributed by atoms with Crippen LogP contribution in [0, 0.1) is 17.8 Å². The summed E-state index contributed by atoms with van der Waals surface area (Å²) in [5.41, 5.74) is 3.63. The Bertz CT molecular complexity index is 1330. The fourth-order valence-corrected chi connectivity index (χ4v) is 6.48. The molecule has 3 aliphatic rings. The molecule has 0 heterocycles. The Kier molecular flexibility index (Phi) is 7.78. The molecule has 0 fully saturated rings. The van der Waals surface area contributed by atoms with Crippen molar-refractivity contribution in [2.75, 3.05) is 39.6 Å². The molecule has 1 aromatic rings. The zero-order chi connectivity index (χ0) is 29.8. The smallest absolute Gasteiger partial charge is 0.255 e. The van der Waals surface area contributed by atoms with Crippen LogP contribution in [0.5, 0.6) is 5.75 Å². The average Bonchev–Trinajstić information content (AvgIpc) is 2.86. The number of amides is 1. The van der Waals surface area contributed by atoms with E-state index in [1.807, 2.05) is 25.1 Å². The maximum Gasteiger partial charge on any atom is 0.255 e. The molecule has 218 valence electrons. The largest absolute Gasteiger partial charge is 0.510 e. The van der Waals surface area contributed by atoms with E-state index >= 15 is 0 Å². The summed E-state index contributed by atoms with van der Waals surface area (Å²) in [6, 6.07) is 0.824. The summed E-state index contributed by atoms with van der Waals surface area (Å²) in [6.45, 7) is 5.23. The number of allylic oxidation sites excluding steroid dienone is 1. The highest BCUT2D eigenvalue weighted by Gasteiger charge is 2.63. The van der Waals surface area contributed by atoms with Crippen molar-refractivity contribution in [1.82, 2.24) is 10.2 Å². The molecule has 5 atom stereocenters. The SMILES string of the molecule is CCC(C)CNCc1cc(N(C)C)c2c(c1O)C(=O)C1=C(O)[C@@]3(O)C(=O)C(C(N)=O)=C(O)[C@H](N(C)C)[C@H]3C[C@H]1C2. The molecule has 0 radical (unpaired) electrons. The number of nitrogens with one attached hydrogen (secondary N) is 1. The number of phenols is 1. The van der Waals surface area contributed by atoms with Crippen molar-refractivity contribution in [1.29, 1.82) is 0 Å². The van der Waals surface area contributed by atoms with Gasteiger partial charge in [0.15, 0.2) is 11.4 Å². The number of carbonyl (C=O) groups is 3. The van der Waals surface area contributed by atoms with Gasteiger partial charge in [0.1, 0.15) is 22.8 Å². The van der Waals surface area contributed by atoms with Crippen molar-refractivity contribution in [2.24, 2.45) is 23.5 Å². The lowest BCUT2D eigenvalue weighted by molar-refractivity contribution is -0.148. The van der Waals surface area contributed by atoms with E-state index in [0.717, 1.165) is 18.7 Å². The number of ketones is 2. The molecule has 7 N–H and O–H groups in total. The van der Waals surface area contributed by atoms with Gasteiger partial charge in [-0.3, -0.25) is 19.3 Å². The second kappa shape index (κ2) is 10.5. The van der Waals surface area contributed by atoms with Crippen LogP contribution in [0.15, 0.2) is 28.7 Å². The number of likely N-dealkylation sites (N-methyl/N-ethyl adjacent to an activating group) is 1. The Morgan fingerprint density at radius 3 is 2.40 bits per heavy atom. The zero-order valence-electron chi connectivity index (χ0n) is 23.9. The van der Waals surface area contributed by atoms with E-state index in [-0.39, 0.29) is 29.7 Å². The topological polar surface area (TPSA) is 177 Å². The monoisotopic (exact) mass is 556 g/mol. The normalized spacial score (nSPS) is 26.9. The van der Waals surface area contributed by atoms with E-state index in [1.54, 1.807) is 14.1 Å². The van der Waals surface area contributed by atoms with Crippen LogP contribution in [0.4, 0.5) is 5.69 Å². The maximum atomic E-state index is 14.1. The minimum Gasteiger partial charge on any atom is -0.510 e. The Morgan fingerprint density at radius 1 is 1.20 bits per heavy atom. The van der Waals surface area contributed by atoms with Gasteiger partial charge in [-0.1, -0.05) is 20.3 Å². The number of Topliss-reactive ketones (excluding diaryl/α,β-unsaturated/α-hetero) is 2. The van der Waals surface area contributed by atoms with E-state index in [1.165, 1.54) is 4.90 Å². The minimum absolute atomic E-state index is 0.0207. The third kappa shape index (κ3) is 4.36. The van der Waals surface area contributed by atoms with Crippen molar-refractivity contribution in [3.05, 3.63) is 45.4 Å². The molecular weight excluding hydrogens is 516 g/mol. The van der Waals surface area contributed by atoms with Crippen LogP contribution in [-0.4, -0.2) is 89.2 Å². The number of phenolic OH excluding ortho intramolecular Hbond substituents is 1.